The van der Waals surface area contributed by atoms with Crippen LogP contribution in [0.25, 0.3) is 0 Å². The van der Waals surface area contributed by atoms with E-state index in [0.717, 1.165) is 0 Å². The van der Waals surface area contributed by atoms with Gasteiger partial charge in [0.25, 0.3) is 0 Å². The summed E-state index contributed by atoms with van der Waals surface area (Å²) < 4.78 is 0. The lowest BCUT2D eigenvalue weighted by Gasteiger charge is -2.54. The second-order valence-electron chi connectivity index (χ2n) is 6.11. The van der Waals surface area contributed by atoms with E-state index in [1.165, 1.54) is 0 Å². The van der Waals surface area contributed by atoms with Crippen molar-refractivity contribution in [1.29, 1.82) is 0 Å². The molecule has 3 N–H and O–H groups in total. The Labute approximate surface area is 135 Å². The van der Waals surface area contributed by atoms with Crippen molar-refractivity contribution in [2.45, 2.75) is 18.4 Å². The van der Waals surface area contributed by atoms with Gasteiger partial charge in [0.05, 0.1) is 0 Å². The summed E-state index contributed by atoms with van der Waals surface area (Å²) in [6.07, 6.45) is 0.479. The van der Waals surface area contributed by atoms with Crippen molar-refractivity contribution in [2.75, 3.05) is 6.54 Å². The second kappa shape index (κ2) is 5.77. The number of rotatable bonds is 3. The molecule has 2 unspecified atom stereocenters. The van der Waals surface area contributed by atoms with Crippen LogP contribution >= 0.6 is 0 Å². The molecule has 0 aromatic heterocycles. The minimum Gasteiger partial charge on any atom is -0.598 e. The lowest BCUT2D eigenvalue weighted by atomic mass is 9.72. The number of hydrogen-bond donors (Lipinski definition) is 2. The number of hydroxylamine groups is 4. The Morgan fingerprint density at radius 1 is 1.09 bits per heavy atom. The Morgan fingerprint density at radius 3 is 2.00 bits per heavy atom. The molecule has 1 aliphatic heterocycles. The molecule has 1 heterocycles. The van der Waals surface area contributed by atoms with Gasteiger partial charge >= 0.3 is 0 Å². The van der Waals surface area contributed by atoms with Crippen molar-refractivity contribution in [2.24, 2.45) is 11.7 Å². The first-order chi connectivity index (χ1) is 11.0. The van der Waals surface area contributed by atoms with Gasteiger partial charge in [-0.05, 0) is 0 Å². The van der Waals surface area contributed by atoms with Crippen LogP contribution in [0.3, 0.4) is 0 Å². The molecule has 0 saturated carbocycles. The smallest absolute Gasteiger partial charge is 0.221 e. The molecule has 0 radical (unpaired) electrons. The first kappa shape index (κ1) is 15.7. The number of carbonyl (C=O) groups excluding carboxylic acids is 1. The number of quaternary nitrogens is 1. The molecule has 5 heteroatoms. The average Bonchev–Trinajstić information content (AvgIpc) is 2.56. The predicted molar refractivity (Wildman–Crippen MR) is 85.9 cm³/mol. The highest BCUT2D eigenvalue weighted by Gasteiger charge is 2.54. The molecule has 2 aromatic rings. The topological polar surface area (TPSA) is 86.4 Å². The molecule has 0 spiro atoms. The zero-order chi connectivity index (χ0) is 16.5. The normalized spacial score (nSPS) is 26.6. The fraction of sp³-hybridized carbons (Fsp3) is 0.278. The molecule has 23 heavy (non-hydrogen) atoms. The van der Waals surface area contributed by atoms with E-state index in [2.05, 4.69) is 0 Å². The first-order valence-electron chi connectivity index (χ1n) is 7.70. The number of hydrogen-bond acceptors (Lipinski definition) is 3. The molecular weight excluding hydrogens is 292 g/mol. The zero-order valence-electron chi connectivity index (χ0n) is 12.8. The summed E-state index contributed by atoms with van der Waals surface area (Å²) in [5.41, 5.74) is 5.63. The van der Waals surface area contributed by atoms with Crippen LogP contribution in [-0.4, -0.2) is 22.5 Å². The Morgan fingerprint density at radius 2 is 1.57 bits per heavy atom. The maximum atomic E-state index is 13.1. The van der Waals surface area contributed by atoms with Crippen molar-refractivity contribution in [3.63, 3.8) is 0 Å². The molecule has 3 rings (SSSR count). The Balaban J connectivity index is 2.23. The number of nitrogens with zero attached hydrogens (tertiary/aromatic N) is 1. The Hall–Kier alpha value is -2.21. The molecule has 1 saturated heterocycles. The summed E-state index contributed by atoms with van der Waals surface area (Å²) in [5.74, 6) is -0.872. The fourth-order valence-corrected chi connectivity index (χ4v) is 3.60. The molecule has 2 atom stereocenters. The van der Waals surface area contributed by atoms with Crippen LogP contribution in [0.4, 0.5) is 0 Å². The van der Waals surface area contributed by atoms with Crippen molar-refractivity contribution in [1.82, 2.24) is 0 Å². The number of amides is 1. The summed E-state index contributed by atoms with van der Waals surface area (Å²) >= 11 is 0. The summed E-state index contributed by atoms with van der Waals surface area (Å²) in [4.78, 5) is 10.3. The maximum Gasteiger partial charge on any atom is 0.221 e. The number of carbonyl (C=O) groups is 1. The summed E-state index contributed by atoms with van der Waals surface area (Å²) in [6, 6.07) is 18.3. The molecular formula is C18H20N2O3. The van der Waals surface area contributed by atoms with Crippen molar-refractivity contribution in [3.8, 4) is 0 Å². The van der Waals surface area contributed by atoms with E-state index in [1.54, 1.807) is 0 Å². The van der Waals surface area contributed by atoms with Crippen LogP contribution in [0.1, 0.15) is 24.0 Å². The third kappa shape index (κ3) is 2.53. The summed E-state index contributed by atoms with van der Waals surface area (Å²) in [5, 5.41) is 23.8. The third-order valence-electron chi connectivity index (χ3n) is 4.82. The number of benzene rings is 2. The maximum absolute atomic E-state index is 13.1. The largest absolute Gasteiger partial charge is 0.598 e. The minimum atomic E-state index is -1.43. The SMILES string of the molecule is NC(=O)C1CC[N+]([O-])(O)C(c2ccccc2)(c2ccccc2)C1. The van der Waals surface area contributed by atoms with E-state index >= 15 is 0 Å². The quantitative estimate of drug-likeness (QED) is 0.674. The number of piperidine rings is 1. The van der Waals surface area contributed by atoms with E-state index < -0.39 is 22.2 Å². The molecule has 0 aliphatic carbocycles. The van der Waals surface area contributed by atoms with Crippen LogP contribution in [0, 0.1) is 11.1 Å². The lowest BCUT2D eigenvalue weighted by molar-refractivity contribution is -1.11. The first-order valence-corrected chi connectivity index (χ1v) is 7.70. The van der Waals surface area contributed by atoms with Gasteiger partial charge in [-0.2, -0.15) is 0 Å². The third-order valence-corrected chi connectivity index (χ3v) is 4.82. The van der Waals surface area contributed by atoms with Gasteiger partial charge in [0.1, 0.15) is 6.54 Å². The van der Waals surface area contributed by atoms with Gasteiger partial charge in [-0.15, -0.1) is 0 Å². The van der Waals surface area contributed by atoms with Crippen LogP contribution in [-0.2, 0) is 10.3 Å². The zero-order valence-corrected chi connectivity index (χ0v) is 12.8. The molecule has 2 aromatic carbocycles. The minimum absolute atomic E-state index is 0.0720. The van der Waals surface area contributed by atoms with Crippen molar-refractivity contribution >= 4 is 5.91 Å². The van der Waals surface area contributed by atoms with Crippen LogP contribution in [0.15, 0.2) is 60.7 Å². The highest BCUT2D eigenvalue weighted by Crippen LogP contribution is 2.48. The molecule has 1 aliphatic rings. The molecule has 5 nitrogen and oxygen atoms in total. The van der Waals surface area contributed by atoms with Crippen LogP contribution in [0.5, 0.6) is 0 Å². The van der Waals surface area contributed by atoms with Crippen LogP contribution in [0.2, 0.25) is 0 Å². The van der Waals surface area contributed by atoms with Gasteiger partial charge < -0.3 is 10.9 Å². The summed E-state index contributed by atoms with van der Waals surface area (Å²) in [6.45, 7) is -0.0720. The van der Waals surface area contributed by atoms with E-state index in [1.807, 2.05) is 60.7 Å². The molecule has 0 bridgehead atoms. The fourth-order valence-electron chi connectivity index (χ4n) is 3.60. The van der Waals surface area contributed by atoms with Crippen LogP contribution < -0.4 is 5.73 Å². The number of nitrogens with two attached hydrogens (primary N) is 1. The van der Waals surface area contributed by atoms with Gasteiger partial charge in [-0.1, -0.05) is 60.7 Å². The highest BCUT2D eigenvalue weighted by molar-refractivity contribution is 5.77. The van der Waals surface area contributed by atoms with Gasteiger partial charge in [0.15, 0.2) is 5.54 Å². The van der Waals surface area contributed by atoms with E-state index in [0.29, 0.717) is 11.1 Å². The Kier molecular flexibility index (Phi) is 3.93. The van der Waals surface area contributed by atoms with E-state index in [4.69, 9.17) is 5.73 Å². The lowest BCUT2D eigenvalue weighted by Crippen LogP contribution is -2.62. The predicted octanol–water partition coefficient (Wildman–Crippen LogP) is 2.53. The van der Waals surface area contributed by atoms with Gasteiger partial charge in [-0.3, -0.25) is 4.79 Å². The second-order valence-corrected chi connectivity index (χ2v) is 6.11. The highest BCUT2D eigenvalue weighted by atomic mass is 16.8. The van der Waals surface area contributed by atoms with E-state index in [9.17, 15) is 15.2 Å². The monoisotopic (exact) mass is 312 g/mol. The van der Waals surface area contributed by atoms with E-state index in [-0.39, 0.29) is 19.4 Å². The standard InChI is InChI=1S/C18H20N2O3/c19-17(21)14-11-12-20(22,23)18(13-14,15-7-3-1-4-8-15)16-9-5-2-6-10-16/h1-10,14,22H,11-13H2,(H2,19,21). The molecule has 120 valence electrons. The average molecular weight is 312 g/mol. The van der Waals surface area contributed by atoms with Gasteiger partial charge in [0.2, 0.25) is 5.91 Å². The molecule has 1 fully saturated rings. The van der Waals surface area contributed by atoms with Gasteiger partial charge in [-0.25, -0.2) is 10.0 Å². The van der Waals surface area contributed by atoms with Crippen molar-refractivity contribution in [3.05, 3.63) is 77.0 Å². The van der Waals surface area contributed by atoms with Crippen molar-refractivity contribution < 1.29 is 14.8 Å². The molecule has 1 amide bonds. The van der Waals surface area contributed by atoms with Gasteiger partial charge in [0, 0.05) is 29.9 Å². The Bertz CT molecular complexity index is 646. The summed E-state index contributed by atoms with van der Waals surface area (Å²) in [7, 11) is 0. The number of primary amides is 1.